The Kier molecular flexibility index (Phi) is 5.49. The van der Waals surface area contributed by atoms with Crippen LogP contribution >= 0.6 is 0 Å². The van der Waals surface area contributed by atoms with Gasteiger partial charge in [-0.3, -0.25) is 0 Å². The van der Waals surface area contributed by atoms with Gasteiger partial charge in [0.2, 0.25) is 0 Å². The number of nitrogens with one attached hydrogen (secondary N) is 2. The first-order valence-electron chi connectivity index (χ1n) is 6.28. The molecule has 6 heteroatoms. The van der Waals surface area contributed by atoms with Crippen molar-refractivity contribution >= 4 is 10.2 Å². The number of hydrogen-bond acceptors (Lipinski definition) is 3. The molecular weight excluding hydrogens is 262 g/mol. The largest absolute Gasteiger partial charge is 0.330 e. The highest BCUT2D eigenvalue weighted by Crippen LogP contribution is 2.06. The van der Waals surface area contributed by atoms with E-state index in [9.17, 15) is 8.42 Å². The van der Waals surface area contributed by atoms with Crippen molar-refractivity contribution < 1.29 is 8.42 Å². The fourth-order valence-electron chi connectivity index (χ4n) is 1.61. The van der Waals surface area contributed by atoms with Crippen molar-refractivity contribution in [2.75, 3.05) is 6.54 Å². The first-order chi connectivity index (χ1) is 8.72. The van der Waals surface area contributed by atoms with Gasteiger partial charge in [-0.1, -0.05) is 24.3 Å². The summed E-state index contributed by atoms with van der Waals surface area (Å²) in [5.41, 5.74) is 7.06. The van der Waals surface area contributed by atoms with E-state index in [-0.39, 0.29) is 6.54 Å². The molecule has 5 nitrogen and oxygen atoms in total. The molecule has 0 saturated carbocycles. The van der Waals surface area contributed by atoms with E-state index in [0.29, 0.717) is 6.54 Å². The highest BCUT2D eigenvalue weighted by molar-refractivity contribution is 7.87. The van der Waals surface area contributed by atoms with Crippen molar-refractivity contribution in [1.29, 1.82) is 0 Å². The highest BCUT2D eigenvalue weighted by Gasteiger charge is 2.18. The minimum Gasteiger partial charge on any atom is -0.330 e. The third-order valence-corrected chi connectivity index (χ3v) is 3.77. The van der Waals surface area contributed by atoms with Crippen LogP contribution in [-0.4, -0.2) is 20.5 Å². The van der Waals surface area contributed by atoms with E-state index in [1.165, 1.54) is 0 Å². The van der Waals surface area contributed by atoms with Crippen molar-refractivity contribution in [2.24, 2.45) is 5.73 Å². The average molecular weight is 285 g/mol. The molecule has 1 rings (SSSR count). The van der Waals surface area contributed by atoms with Crippen LogP contribution in [0.4, 0.5) is 0 Å². The zero-order valence-corrected chi connectivity index (χ0v) is 12.5. The lowest BCUT2D eigenvalue weighted by Gasteiger charge is -2.20. The van der Waals surface area contributed by atoms with Gasteiger partial charge in [0, 0.05) is 12.1 Å². The lowest BCUT2D eigenvalue weighted by Crippen LogP contribution is -2.46. The minimum absolute atomic E-state index is 0.272. The van der Waals surface area contributed by atoms with E-state index in [0.717, 1.165) is 17.5 Å². The first-order valence-corrected chi connectivity index (χ1v) is 7.77. The summed E-state index contributed by atoms with van der Waals surface area (Å²) >= 11 is 0. The summed E-state index contributed by atoms with van der Waals surface area (Å²) in [5, 5.41) is 0. The summed E-state index contributed by atoms with van der Waals surface area (Å²) in [6.45, 7) is 6.28. The van der Waals surface area contributed by atoms with Crippen molar-refractivity contribution in [3.8, 4) is 0 Å². The minimum atomic E-state index is -3.48. The summed E-state index contributed by atoms with van der Waals surface area (Å²) in [7, 11) is -3.48. The molecule has 0 heterocycles. The van der Waals surface area contributed by atoms with E-state index in [2.05, 4.69) is 9.44 Å². The van der Waals surface area contributed by atoms with Crippen LogP contribution in [0.5, 0.6) is 0 Å². The average Bonchev–Trinajstić information content (AvgIpc) is 2.25. The standard InChI is InChI=1S/C13H23N3O2S/c1-13(2,3)16-19(17,18)15-10-12-6-4-11(5-7-12)8-9-14/h4-7,15-16H,8-10,14H2,1-3H3. The Bertz CT molecular complexity index is 490. The Hall–Kier alpha value is -0.950. The SMILES string of the molecule is CC(C)(C)NS(=O)(=O)NCc1ccc(CCN)cc1. The van der Waals surface area contributed by atoms with Crippen LogP contribution in [0.25, 0.3) is 0 Å². The molecular formula is C13H23N3O2S. The van der Waals surface area contributed by atoms with Crippen molar-refractivity contribution in [2.45, 2.75) is 39.3 Å². The van der Waals surface area contributed by atoms with Gasteiger partial charge in [0.1, 0.15) is 0 Å². The topological polar surface area (TPSA) is 84.2 Å². The number of nitrogens with two attached hydrogens (primary N) is 1. The van der Waals surface area contributed by atoms with Gasteiger partial charge in [0.05, 0.1) is 0 Å². The number of hydrogen-bond donors (Lipinski definition) is 3. The Morgan fingerprint density at radius 1 is 1.11 bits per heavy atom. The van der Waals surface area contributed by atoms with Crippen LogP contribution in [0.15, 0.2) is 24.3 Å². The molecule has 0 aromatic heterocycles. The molecule has 108 valence electrons. The van der Waals surface area contributed by atoms with Gasteiger partial charge in [-0.2, -0.15) is 17.9 Å². The Morgan fingerprint density at radius 2 is 1.63 bits per heavy atom. The van der Waals surface area contributed by atoms with Gasteiger partial charge in [0.15, 0.2) is 0 Å². The maximum Gasteiger partial charge on any atom is 0.277 e. The Balaban J connectivity index is 2.57. The lowest BCUT2D eigenvalue weighted by molar-refractivity contribution is 0.483. The van der Waals surface area contributed by atoms with Gasteiger partial charge in [-0.05, 0) is 44.9 Å². The van der Waals surface area contributed by atoms with Gasteiger partial charge < -0.3 is 5.73 Å². The molecule has 0 fully saturated rings. The molecule has 0 atom stereocenters. The summed E-state index contributed by atoms with van der Waals surface area (Å²) in [6.07, 6.45) is 0.831. The van der Waals surface area contributed by atoms with Crippen LogP contribution in [0.2, 0.25) is 0 Å². The third kappa shape index (κ3) is 6.68. The number of rotatable bonds is 6. The first kappa shape index (κ1) is 16.1. The summed E-state index contributed by atoms with van der Waals surface area (Å²) in [5.74, 6) is 0. The second-order valence-corrected chi connectivity index (χ2v) is 7.03. The normalized spacial score (nSPS) is 12.6. The predicted molar refractivity (Wildman–Crippen MR) is 77.8 cm³/mol. The van der Waals surface area contributed by atoms with Crippen LogP contribution < -0.4 is 15.2 Å². The van der Waals surface area contributed by atoms with Crippen molar-refractivity contribution in [3.05, 3.63) is 35.4 Å². The van der Waals surface area contributed by atoms with Gasteiger partial charge in [-0.25, -0.2) is 0 Å². The fraction of sp³-hybridized carbons (Fsp3) is 0.538. The summed E-state index contributed by atoms with van der Waals surface area (Å²) in [4.78, 5) is 0. The lowest BCUT2D eigenvalue weighted by atomic mass is 10.1. The van der Waals surface area contributed by atoms with E-state index in [4.69, 9.17) is 5.73 Å². The second kappa shape index (κ2) is 6.47. The van der Waals surface area contributed by atoms with E-state index < -0.39 is 15.7 Å². The molecule has 0 radical (unpaired) electrons. The number of benzene rings is 1. The highest BCUT2D eigenvalue weighted by atomic mass is 32.2. The maximum absolute atomic E-state index is 11.8. The molecule has 0 spiro atoms. The molecule has 1 aromatic rings. The molecule has 0 aliphatic heterocycles. The maximum atomic E-state index is 11.8. The molecule has 0 unspecified atom stereocenters. The molecule has 4 N–H and O–H groups in total. The summed E-state index contributed by atoms with van der Waals surface area (Å²) < 4.78 is 28.6. The molecule has 19 heavy (non-hydrogen) atoms. The zero-order chi connectivity index (χ0) is 14.5. The molecule has 0 bridgehead atoms. The monoisotopic (exact) mass is 285 g/mol. The predicted octanol–water partition coefficient (Wildman–Crippen LogP) is 0.910. The fourth-order valence-corrected chi connectivity index (χ4v) is 2.84. The Morgan fingerprint density at radius 3 is 2.11 bits per heavy atom. The smallest absolute Gasteiger partial charge is 0.277 e. The van der Waals surface area contributed by atoms with Crippen molar-refractivity contribution in [3.63, 3.8) is 0 Å². The van der Waals surface area contributed by atoms with Crippen molar-refractivity contribution in [1.82, 2.24) is 9.44 Å². The van der Waals surface area contributed by atoms with Gasteiger partial charge >= 0.3 is 0 Å². The van der Waals surface area contributed by atoms with Crippen LogP contribution in [0.3, 0.4) is 0 Å². The summed E-state index contributed by atoms with van der Waals surface area (Å²) in [6, 6.07) is 7.75. The second-order valence-electron chi connectivity index (χ2n) is 5.53. The zero-order valence-electron chi connectivity index (χ0n) is 11.7. The van der Waals surface area contributed by atoms with Crippen LogP contribution in [0, 0.1) is 0 Å². The third-order valence-electron chi connectivity index (χ3n) is 2.36. The van der Waals surface area contributed by atoms with Crippen LogP contribution in [-0.2, 0) is 23.2 Å². The van der Waals surface area contributed by atoms with E-state index in [1.54, 1.807) is 20.8 Å². The molecule has 0 aliphatic carbocycles. The molecule has 0 saturated heterocycles. The van der Waals surface area contributed by atoms with E-state index in [1.807, 2.05) is 24.3 Å². The molecule has 1 aromatic carbocycles. The van der Waals surface area contributed by atoms with Gasteiger partial charge in [-0.15, -0.1) is 0 Å². The molecule has 0 aliphatic rings. The van der Waals surface area contributed by atoms with Gasteiger partial charge in [0.25, 0.3) is 10.2 Å². The van der Waals surface area contributed by atoms with E-state index >= 15 is 0 Å². The quantitative estimate of drug-likeness (QED) is 0.726. The van der Waals surface area contributed by atoms with Crippen LogP contribution in [0.1, 0.15) is 31.9 Å². The molecule has 0 amide bonds. The Labute approximate surface area is 115 Å².